The van der Waals surface area contributed by atoms with Gasteiger partial charge in [0.25, 0.3) is 0 Å². The van der Waals surface area contributed by atoms with Crippen LogP contribution < -0.4 is 4.57 Å². The predicted molar refractivity (Wildman–Crippen MR) is 82.0 cm³/mol. The minimum atomic E-state index is -0.677. The molecule has 0 aliphatic carbocycles. The lowest BCUT2D eigenvalue weighted by atomic mass is 10.3. The largest absolute Gasteiger partial charge is 0.496 e. The van der Waals surface area contributed by atoms with Crippen LogP contribution in [0, 0.1) is 5.41 Å². The van der Waals surface area contributed by atoms with Gasteiger partial charge in [-0.25, -0.2) is 4.98 Å². The van der Waals surface area contributed by atoms with Gasteiger partial charge < -0.3 is 15.3 Å². The summed E-state index contributed by atoms with van der Waals surface area (Å²) in [7, 11) is 0. The van der Waals surface area contributed by atoms with Crippen LogP contribution in [0.2, 0.25) is 0 Å². The third kappa shape index (κ3) is 6.40. The fraction of sp³-hybridized carbons (Fsp3) is 0.200. The van der Waals surface area contributed by atoms with Crippen LogP contribution in [0.25, 0.3) is 6.08 Å². The summed E-state index contributed by atoms with van der Waals surface area (Å²) in [6.45, 7) is 7.72. The molecule has 0 radical (unpaired) electrons. The van der Waals surface area contributed by atoms with Crippen molar-refractivity contribution in [3.05, 3.63) is 55.5 Å². The van der Waals surface area contributed by atoms with Gasteiger partial charge in [0.1, 0.15) is 24.7 Å². The molecule has 0 amide bonds. The lowest BCUT2D eigenvalue weighted by Gasteiger charge is -2.07. The van der Waals surface area contributed by atoms with E-state index < -0.39 is 6.10 Å². The fourth-order valence-corrected chi connectivity index (χ4v) is 1.47. The van der Waals surface area contributed by atoms with E-state index in [9.17, 15) is 5.11 Å². The molecule has 1 heterocycles. The number of aliphatic hydroxyl groups excluding tert-OH is 1. The van der Waals surface area contributed by atoms with Crippen molar-refractivity contribution in [2.75, 3.05) is 6.61 Å². The molecular formula is C15H19N4O2+. The molecule has 0 aliphatic rings. The summed E-state index contributed by atoms with van der Waals surface area (Å²) in [6.07, 6.45) is 11.4. The SMILES string of the molecule is C=C/C(=C/OCC(O)C[n+]1ccnc(C=C)c1)N=CC=N. The van der Waals surface area contributed by atoms with Crippen molar-refractivity contribution in [1.82, 2.24) is 4.98 Å². The second kappa shape index (κ2) is 9.33. The molecule has 0 aliphatic heterocycles. The zero-order valence-electron chi connectivity index (χ0n) is 11.7. The molecule has 6 heteroatoms. The smallest absolute Gasteiger partial charge is 0.194 e. The van der Waals surface area contributed by atoms with E-state index in [0.29, 0.717) is 12.2 Å². The van der Waals surface area contributed by atoms with Crippen molar-refractivity contribution < 1.29 is 14.4 Å². The highest BCUT2D eigenvalue weighted by Crippen LogP contribution is 1.98. The van der Waals surface area contributed by atoms with Crippen LogP contribution in [-0.4, -0.2) is 35.2 Å². The van der Waals surface area contributed by atoms with Crippen molar-refractivity contribution in [3.8, 4) is 0 Å². The minimum absolute atomic E-state index is 0.121. The maximum absolute atomic E-state index is 9.91. The molecule has 0 bridgehead atoms. The number of hydrogen-bond donors (Lipinski definition) is 2. The van der Waals surface area contributed by atoms with Gasteiger partial charge in [0, 0.05) is 12.4 Å². The summed E-state index contributed by atoms with van der Waals surface area (Å²) in [5.41, 5.74) is 1.22. The minimum Gasteiger partial charge on any atom is -0.496 e. The van der Waals surface area contributed by atoms with Crippen molar-refractivity contribution in [2.24, 2.45) is 4.99 Å². The first kappa shape index (κ1) is 16.5. The van der Waals surface area contributed by atoms with E-state index in [2.05, 4.69) is 23.1 Å². The average molecular weight is 287 g/mol. The Kier molecular flexibility index (Phi) is 7.31. The number of aromatic nitrogens is 2. The first-order chi connectivity index (χ1) is 10.2. The summed E-state index contributed by atoms with van der Waals surface area (Å²) in [6, 6.07) is 0. The maximum atomic E-state index is 9.91. The lowest BCUT2D eigenvalue weighted by Crippen LogP contribution is -2.41. The van der Waals surface area contributed by atoms with E-state index in [1.807, 2.05) is 4.57 Å². The average Bonchev–Trinajstić information content (AvgIpc) is 2.50. The molecule has 1 unspecified atom stereocenters. The molecule has 2 N–H and O–H groups in total. The van der Waals surface area contributed by atoms with Crippen LogP contribution in [0.3, 0.4) is 0 Å². The molecule has 1 rings (SSSR count). The molecule has 1 aromatic heterocycles. The van der Waals surface area contributed by atoms with Gasteiger partial charge in [-0.05, 0) is 12.2 Å². The Balaban J connectivity index is 2.49. The van der Waals surface area contributed by atoms with Crippen LogP contribution in [0.4, 0.5) is 0 Å². The van der Waals surface area contributed by atoms with E-state index in [4.69, 9.17) is 10.1 Å². The monoisotopic (exact) mass is 287 g/mol. The molecule has 110 valence electrons. The Hall–Kier alpha value is -2.60. The lowest BCUT2D eigenvalue weighted by molar-refractivity contribution is -0.704. The zero-order valence-corrected chi connectivity index (χ0v) is 11.7. The Labute approximate surface area is 124 Å². The van der Waals surface area contributed by atoms with Gasteiger partial charge in [-0.3, -0.25) is 4.99 Å². The fourth-order valence-electron chi connectivity index (χ4n) is 1.47. The molecule has 0 saturated heterocycles. The van der Waals surface area contributed by atoms with Gasteiger partial charge in [-0.1, -0.05) is 13.2 Å². The predicted octanol–water partition coefficient (Wildman–Crippen LogP) is 1.14. The van der Waals surface area contributed by atoms with Gasteiger partial charge in [0.2, 0.25) is 0 Å². The number of nitrogens with one attached hydrogen (secondary N) is 1. The highest BCUT2D eigenvalue weighted by Gasteiger charge is 2.11. The molecule has 6 nitrogen and oxygen atoms in total. The van der Waals surface area contributed by atoms with E-state index in [1.165, 1.54) is 18.6 Å². The summed E-state index contributed by atoms with van der Waals surface area (Å²) < 4.78 is 7.06. The third-order valence-electron chi connectivity index (χ3n) is 2.41. The molecule has 1 atom stereocenters. The molecular weight excluding hydrogens is 268 g/mol. The van der Waals surface area contributed by atoms with Gasteiger partial charge in [0.15, 0.2) is 18.9 Å². The molecule has 0 spiro atoms. The number of allylic oxidation sites excluding steroid dienone is 1. The van der Waals surface area contributed by atoms with Crippen LogP contribution in [0.1, 0.15) is 5.69 Å². The van der Waals surface area contributed by atoms with Crippen LogP contribution in [0.5, 0.6) is 0 Å². The molecule has 0 saturated carbocycles. The maximum Gasteiger partial charge on any atom is 0.194 e. The first-order valence-electron chi connectivity index (χ1n) is 6.32. The first-order valence-corrected chi connectivity index (χ1v) is 6.32. The Bertz CT molecular complexity index is 552. The number of aliphatic imine (C=N–C) groups is 1. The second-order valence-electron chi connectivity index (χ2n) is 4.06. The Morgan fingerprint density at radius 2 is 2.38 bits per heavy atom. The van der Waals surface area contributed by atoms with E-state index in [0.717, 1.165) is 11.9 Å². The molecule has 1 aromatic rings. The summed E-state index contributed by atoms with van der Waals surface area (Å²) in [5.74, 6) is 0. The number of aliphatic hydroxyl groups is 1. The topological polar surface area (TPSA) is 82.4 Å². The highest BCUT2D eigenvalue weighted by atomic mass is 16.5. The molecule has 0 aromatic carbocycles. The van der Waals surface area contributed by atoms with Crippen LogP contribution in [-0.2, 0) is 11.3 Å². The molecule has 21 heavy (non-hydrogen) atoms. The van der Waals surface area contributed by atoms with E-state index in [1.54, 1.807) is 24.7 Å². The number of ether oxygens (including phenoxy) is 1. The van der Waals surface area contributed by atoms with Crippen LogP contribution in [0.15, 0.2) is 54.8 Å². The Morgan fingerprint density at radius 3 is 3.05 bits per heavy atom. The summed E-state index contributed by atoms with van der Waals surface area (Å²) in [5, 5.41) is 16.7. The van der Waals surface area contributed by atoms with Gasteiger partial charge in [-0.2, -0.15) is 4.57 Å². The van der Waals surface area contributed by atoms with Gasteiger partial charge >= 0.3 is 0 Å². The standard InChI is InChI=1S/C15H19N4O2/c1-3-13-9-19(8-7-18-13)10-15(20)12-21-11-14(4-2)17-6-5-16/h3-9,11,15-16,20H,1-2,10,12H2/q+1/b14-11-,16-5?,17-6?. The second-order valence-corrected chi connectivity index (χ2v) is 4.06. The molecule has 0 fully saturated rings. The third-order valence-corrected chi connectivity index (χ3v) is 2.41. The summed E-state index contributed by atoms with van der Waals surface area (Å²) in [4.78, 5) is 7.99. The van der Waals surface area contributed by atoms with Crippen LogP contribution >= 0.6 is 0 Å². The van der Waals surface area contributed by atoms with Gasteiger partial charge in [-0.15, -0.1) is 0 Å². The van der Waals surface area contributed by atoms with E-state index >= 15 is 0 Å². The number of nitrogens with zero attached hydrogens (tertiary/aromatic N) is 3. The number of hydrogen-bond acceptors (Lipinski definition) is 5. The van der Waals surface area contributed by atoms with Gasteiger partial charge in [0.05, 0.1) is 11.9 Å². The van der Waals surface area contributed by atoms with E-state index in [-0.39, 0.29) is 6.61 Å². The Morgan fingerprint density at radius 1 is 1.57 bits per heavy atom. The zero-order chi connectivity index (χ0) is 15.5. The number of rotatable bonds is 9. The van der Waals surface area contributed by atoms with Crippen molar-refractivity contribution in [1.29, 1.82) is 5.41 Å². The summed E-state index contributed by atoms with van der Waals surface area (Å²) >= 11 is 0. The quantitative estimate of drug-likeness (QED) is 0.309. The highest BCUT2D eigenvalue weighted by molar-refractivity contribution is 6.14. The normalized spacial score (nSPS) is 12.9. The van der Waals surface area contributed by atoms with Crippen molar-refractivity contribution in [2.45, 2.75) is 12.6 Å². The van der Waals surface area contributed by atoms with Crippen molar-refractivity contribution >= 4 is 18.5 Å². The van der Waals surface area contributed by atoms with Crippen molar-refractivity contribution in [3.63, 3.8) is 0 Å².